The number of esters is 1. The van der Waals surface area contributed by atoms with Crippen molar-refractivity contribution in [2.75, 3.05) is 31.8 Å². The summed E-state index contributed by atoms with van der Waals surface area (Å²) in [5, 5.41) is 7.99. The number of carbonyl (C=O) groups is 3. The minimum Gasteiger partial charge on any atom is -0.490 e. The van der Waals surface area contributed by atoms with E-state index in [0.717, 1.165) is 17.0 Å². The average Bonchev–Trinajstić information content (AvgIpc) is 2.69. The highest BCUT2D eigenvalue weighted by Gasteiger charge is 2.52. The number of carbonyl (C=O) groups excluding carboxylic acids is 3. The van der Waals surface area contributed by atoms with E-state index >= 15 is 0 Å². The molecule has 0 aromatic rings. The van der Waals surface area contributed by atoms with Crippen molar-refractivity contribution in [3.05, 3.63) is 22.4 Å². The van der Waals surface area contributed by atoms with Crippen LogP contribution in [0.15, 0.2) is 27.6 Å². The van der Waals surface area contributed by atoms with Crippen LogP contribution in [-0.4, -0.2) is 71.6 Å². The van der Waals surface area contributed by atoms with Crippen LogP contribution in [0.4, 0.5) is 0 Å². The van der Waals surface area contributed by atoms with Gasteiger partial charge in [0.1, 0.15) is 25.1 Å². The van der Waals surface area contributed by atoms with Gasteiger partial charge in [-0.3, -0.25) is 19.3 Å². The highest BCUT2D eigenvalue weighted by Crippen LogP contribution is 2.40. The van der Waals surface area contributed by atoms with Crippen molar-refractivity contribution in [1.82, 2.24) is 10.2 Å². The van der Waals surface area contributed by atoms with E-state index < -0.39 is 11.9 Å². The van der Waals surface area contributed by atoms with Gasteiger partial charge in [0.05, 0.1) is 6.61 Å². The Kier molecular flexibility index (Phi) is 6.55. The molecule has 0 saturated carbocycles. The molecule has 0 unspecified atom stereocenters. The van der Waals surface area contributed by atoms with Crippen LogP contribution in [0.5, 0.6) is 0 Å². The molecular weight excluding hydrogens is 406 g/mol. The van der Waals surface area contributed by atoms with Crippen molar-refractivity contribution < 1.29 is 28.7 Å². The van der Waals surface area contributed by atoms with E-state index in [4.69, 9.17) is 14.3 Å². The minimum atomic E-state index is -0.665. The Labute approximate surface area is 170 Å². The number of ether oxygens (including phenoxy) is 2. The zero-order valence-corrected chi connectivity index (χ0v) is 17.4. The van der Waals surface area contributed by atoms with Gasteiger partial charge in [0.15, 0.2) is 5.76 Å². The number of nitrogens with one attached hydrogen (secondary N) is 1. The van der Waals surface area contributed by atoms with Crippen molar-refractivity contribution in [3.63, 3.8) is 0 Å². The third kappa shape index (κ3) is 4.14. The summed E-state index contributed by atoms with van der Waals surface area (Å²) in [5.74, 6) is 0.630. The van der Waals surface area contributed by atoms with E-state index in [2.05, 4.69) is 10.5 Å². The second kappa shape index (κ2) is 8.91. The topological polar surface area (TPSA) is 107 Å². The normalized spacial score (nSPS) is 24.5. The fourth-order valence-electron chi connectivity index (χ4n) is 2.91. The Morgan fingerprint density at radius 1 is 1.46 bits per heavy atom. The van der Waals surface area contributed by atoms with Gasteiger partial charge in [-0.05, 0) is 12.5 Å². The van der Waals surface area contributed by atoms with Gasteiger partial charge < -0.3 is 19.6 Å². The largest absolute Gasteiger partial charge is 0.490 e. The zero-order valence-electron chi connectivity index (χ0n) is 15.7. The lowest BCUT2D eigenvalue weighted by molar-refractivity contribution is -0.145. The number of hydrogen-bond acceptors (Lipinski definition) is 9. The zero-order chi connectivity index (χ0) is 20.3. The summed E-state index contributed by atoms with van der Waals surface area (Å²) in [6.07, 6.45) is 0. The number of β-lactam (4-membered cyclic amide) rings is 1. The van der Waals surface area contributed by atoms with Gasteiger partial charge in [-0.2, -0.15) is 0 Å². The lowest BCUT2D eigenvalue weighted by Crippen LogP contribution is -2.70. The Hall–Kier alpha value is -2.14. The molecule has 0 spiro atoms. The van der Waals surface area contributed by atoms with Gasteiger partial charge in [-0.1, -0.05) is 5.16 Å². The maximum atomic E-state index is 12.7. The van der Waals surface area contributed by atoms with E-state index in [9.17, 15) is 14.4 Å². The van der Waals surface area contributed by atoms with Crippen molar-refractivity contribution in [2.45, 2.75) is 25.3 Å². The predicted molar refractivity (Wildman–Crippen MR) is 105 cm³/mol. The number of amides is 2. The molecule has 0 aromatic carbocycles. The van der Waals surface area contributed by atoms with Crippen LogP contribution < -0.4 is 5.32 Å². The van der Waals surface area contributed by atoms with Gasteiger partial charge in [-0.25, -0.2) is 0 Å². The summed E-state index contributed by atoms with van der Waals surface area (Å²) in [7, 11) is 1.34. The second-order valence-electron chi connectivity index (χ2n) is 6.15. The van der Waals surface area contributed by atoms with Crippen LogP contribution in [0, 0.1) is 0 Å². The molecule has 2 atom stereocenters. The van der Waals surface area contributed by atoms with Crippen LogP contribution in [0.3, 0.4) is 0 Å². The molecule has 1 N–H and O–H groups in total. The lowest BCUT2D eigenvalue weighted by Gasteiger charge is -2.50. The minimum absolute atomic E-state index is 0.00423. The summed E-state index contributed by atoms with van der Waals surface area (Å²) in [6, 6.07) is -0.665. The number of thioether (sulfide) groups is 2. The third-order valence-corrected chi connectivity index (χ3v) is 6.48. The highest BCUT2D eigenvalue weighted by atomic mass is 32.2. The molecule has 3 rings (SSSR count). The molecule has 3 heterocycles. The summed E-state index contributed by atoms with van der Waals surface area (Å²) < 4.78 is 10.5. The van der Waals surface area contributed by atoms with Gasteiger partial charge in [0.25, 0.3) is 11.8 Å². The Morgan fingerprint density at radius 2 is 2.25 bits per heavy atom. The molecule has 2 amide bonds. The van der Waals surface area contributed by atoms with Crippen molar-refractivity contribution in [1.29, 1.82) is 0 Å². The monoisotopic (exact) mass is 427 g/mol. The number of hydrogen-bond donors (Lipinski definition) is 1. The molecular formula is C17H21N3O6S2. The third-order valence-electron chi connectivity index (χ3n) is 4.36. The second-order valence-corrected chi connectivity index (χ2v) is 8.24. The van der Waals surface area contributed by atoms with Crippen molar-refractivity contribution in [2.24, 2.45) is 5.16 Å². The standard InChI is InChI=1S/C17H21N3O6S2/c1-9-11(6-26-10(2)21)7-28-17-14(16(23)20(9)17)18-15(22)13(19-24-3)12-8-27-5-4-25-12/h8,14,17H,4-7H2,1-3H3,(H,18,22)/t14-,17-/m1/s1. The SMILES string of the molecule is CON=C(C(=O)N[C@@H]1C(=O)N2C(C)=C(COC(C)=O)CS[C@H]12)C1=CSCCO1. The molecule has 1 fully saturated rings. The van der Waals surface area contributed by atoms with Crippen LogP contribution in [-0.2, 0) is 28.7 Å². The first-order valence-corrected chi connectivity index (χ1v) is 10.7. The average molecular weight is 428 g/mol. The maximum Gasteiger partial charge on any atom is 0.302 e. The predicted octanol–water partition coefficient (Wildman–Crippen LogP) is 0.831. The number of rotatable bonds is 6. The van der Waals surface area contributed by atoms with E-state index in [-0.39, 0.29) is 29.6 Å². The van der Waals surface area contributed by atoms with Crippen molar-refractivity contribution in [3.8, 4) is 0 Å². The Morgan fingerprint density at radius 3 is 2.89 bits per heavy atom. The van der Waals surface area contributed by atoms with E-state index in [1.54, 1.807) is 10.3 Å². The van der Waals surface area contributed by atoms with Gasteiger partial charge in [0, 0.05) is 29.5 Å². The van der Waals surface area contributed by atoms with Crippen LogP contribution in [0.2, 0.25) is 0 Å². The first-order valence-electron chi connectivity index (χ1n) is 8.57. The van der Waals surface area contributed by atoms with Gasteiger partial charge in [-0.15, -0.1) is 23.5 Å². The Bertz CT molecular complexity index is 779. The molecule has 152 valence electrons. The molecule has 3 aliphatic rings. The first kappa shape index (κ1) is 20.6. The molecule has 0 radical (unpaired) electrons. The maximum absolute atomic E-state index is 12.7. The molecule has 0 aliphatic carbocycles. The van der Waals surface area contributed by atoms with E-state index in [0.29, 0.717) is 18.1 Å². The summed E-state index contributed by atoms with van der Waals surface area (Å²) >= 11 is 3.03. The van der Waals surface area contributed by atoms with E-state index in [1.165, 1.54) is 37.6 Å². The molecule has 1 saturated heterocycles. The highest BCUT2D eigenvalue weighted by molar-refractivity contribution is 8.02. The first-order chi connectivity index (χ1) is 13.4. The van der Waals surface area contributed by atoms with Crippen LogP contribution in [0.1, 0.15) is 13.8 Å². The molecule has 9 nitrogen and oxygen atoms in total. The quantitative estimate of drug-likeness (QED) is 0.288. The molecule has 11 heteroatoms. The summed E-state index contributed by atoms with van der Waals surface area (Å²) in [5.41, 5.74) is 1.65. The lowest BCUT2D eigenvalue weighted by atomic mass is 10.0. The van der Waals surface area contributed by atoms with Gasteiger partial charge >= 0.3 is 5.97 Å². The Balaban J connectivity index is 1.67. The number of nitrogens with zero attached hydrogens (tertiary/aromatic N) is 2. The molecule has 3 aliphatic heterocycles. The van der Waals surface area contributed by atoms with E-state index in [1.807, 2.05) is 6.92 Å². The number of oxime groups is 1. The van der Waals surface area contributed by atoms with Gasteiger partial charge in [0.2, 0.25) is 5.71 Å². The van der Waals surface area contributed by atoms with Crippen LogP contribution >= 0.6 is 23.5 Å². The molecule has 0 bridgehead atoms. The van der Waals surface area contributed by atoms with Crippen LogP contribution in [0.25, 0.3) is 0 Å². The smallest absolute Gasteiger partial charge is 0.302 e. The fraction of sp³-hybridized carbons (Fsp3) is 0.529. The summed E-state index contributed by atoms with van der Waals surface area (Å²) in [6.45, 7) is 3.79. The fourth-order valence-corrected chi connectivity index (χ4v) is 4.99. The summed E-state index contributed by atoms with van der Waals surface area (Å²) in [4.78, 5) is 42.7. The van der Waals surface area contributed by atoms with Crippen molar-refractivity contribution >= 4 is 47.0 Å². The number of allylic oxidation sites excluding steroid dienone is 1. The molecule has 28 heavy (non-hydrogen) atoms. The number of fused-ring (bicyclic) bond motifs is 1. The molecule has 0 aromatic heterocycles.